The number of rotatable bonds is 9. The van der Waals surface area contributed by atoms with Gasteiger partial charge in [-0.05, 0) is 0 Å². The molecule has 1 rings (SSSR count). The zero-order valence-corrected chi connectivity index (χ0v) is 13.8. The molecule has 2 N–H and O–H groups in total. The third kappa shape index (κ3) is 7.75. The molecular formula is C16H30O6. The predicted octanol–water partition coefficient (Wildman–Crippen LogP) is 3.09. The molecule has 1 aliphatic heterocycles. The fraction of sp³-hybridized carbons (Fsp3) is 0.875. The normalized spacial score (nSPS) is 16.5. The van der Waals surface area contributed by atoms with Crippen molar-refractivity contribution in [2.75, 3.05) is 19.8 Å². The van der Waals surface area contributed by atoms with E-state index in [0.29, 0.717) is 0 Å². The number of carboxylic acids is 2. The standard InChI is InChI=1S/C10H22.C6H8O6/c1-3-5-7-9-10-8-6-4-2;7-4(8)6(5(9)10)3-11-1-2-12-6/h3-10H2,1-2H3;1-3H2,(H,7,8)(H,9,10). The predicted molar refractivity (Wildman–Crippen MR) is 83.1 cm³/mol. The Morgan fingerprint density at radius 3 is 1.59 bits per heavy atom. The summed E-state index contributed by atoms with van der Waals surface area (Å²) in [5.74, 6) is -3.07. The molecule has 0 aromatic heterocycles. The maximum absolute atomic E-state index is 10.5. The lowest BCUT2D eigenvalue weighted by atomic mass is 10.1. The molecular weight excluding hydrogens is 288 g/mol. The Morgan fingerprint density at radius 1 is 0.864 bits per heavy atom. The molecule has 0 aliphatic carbocycles. The van der Waals surface area contributed by atoms with Crippen molar-refractivity contribution in [2.45, 2.75) is 70.8 Å². The Bertz CT molecular complexity index is 286. The zero-order chi connectivity index (χ0) is 16.8. The van der Waals surface area contributed by atoms with Crippen LogP contribution in [-0.4, -0.2) is 47.6 Å². The molecule has 6 nitrogen and oxygen atoms in total. The van der Waals surface area contributed by atoms with Crippen molar-refractivity contribution in [2.24, 2.45) is 0 Å². The second kappa shape index (κ2) is 12.4. The van der Waals surface area contributed by atoms with Crippen LogP contribution < -0.4 is 0 Å². The first-order valence-electron chi connectivity index (χ1n) is 8.19. The molecule has 130 valence electrons. The zero-order valence-electron chi connectivity index (χ0n) is 13.8. The van der Waals surface area contributed by atoms with Crippen LogP contribution in [0, 0.1) is 0 Å². The van der Waals surface area contributed by atoms with Crippen molar-refractivity contribution in [3.63, 3.8) is 0 Å². The summed E-state index contributed by atoms with van der Waals surface area (Å²) in [5, 5.41) is 17.1. The summed E-state index contributed by atoms with van der Waals surface area (Å²) in [4.78, 5) is 21.1. The van der Waals surface area contributed by atoms with Crippen molar-refractivity contribution in [3.8, 4) is 0 Å². The van der Waals surface area contributed by atoms with Crippen LogP contribution in [0.3, 0.4) is 0 Å². The Kier molecular flexibility index (Phi) is 11.8. The molecule has 0 amide bonds. The van der Waals surface area contributed by atoms with Gasteiger partial charge in [-0.25, -0.2) is 9.59 Å². The van der Waals surface area contributed by atoms with E-state index in [9.17, 15) is 9.59 Å². The first-order chi connectivity index (χ1) is 10.5. The molecule has 0 radical (unpaired) electrons. The minimum Gasteiger partial charge on any atom is -0.479 e. The van der Waals surface area contributed by atoms with Gasteiger partial charge in [-0.1, -0.05) is 65.2 Å². The smallest absolute Gasteiger partial charge is 0.350 e. The molecule has 1 aliphatic rings. The van der Waals surface area contributed by atoms with E-state index in [1.165, 1.54) is 51.4 Å². The monoisotopic (exact) mass is 318 g/mol. The van der Waals surface area contributed by atoms with E-state index in [2.05, 4.69) is 18.6 Å². The van der Waals surface area contributed by atoms with Crippen LogP contribution in [0.4, 0.5) is 0 Å². The Hall–Kier alpha value is -1.14. The molecule has 0 aromatic carbocycles. The molecule has 1 heterocycles. The summed E-state index contributed by atoms with van der Waals surface area (Å²) >= 11 is 0. The minimum absolute atomic E-state index is 0.0153. The van der Waals surface area contributed by atoms with Gasteiger partial charge in [-0.2, -0.15) is 0 Å². The number of carboxylic acid groups (broad SMARTS) is 2. The molecule has 0 spiro atoms. The maximum Gasteiger partial charge on any atom is 0.350 e. The minimum atomic E-state index is -2.21. The third-order valence-electron chi connectivity index (χ3n) is 3.53. The van der Waals surface area contributed by atoms with Gasteiger partial charge in [-0.15, -0.1) is 0 Å². The number of hydrogen-bond acceptors (Lipinski definition) is 4. The highest BCUT2D eigenvalue weighted by molar-refractivity contribution is 6.02. The Morgan fingerprint density at radius 2 is 1.32 bits per heavy atom. The third-order valence-corrected chi connectivity index (χ3v) is 3.53. The Balaban J connectivity index is 0.000000409. The van der Waals surface area contributed by atoms with E-state index in [1.54, 1.807) is 0 Å². The molecule has 22 heavy (non-hydrogen) atoms. The summed E-state index contributed by atoms with van der Waals surface area (Å²) < 4.78 is 9.39. The van der Waals surface area contributed by atoms with Crippen LogP contribution in [0.1, 0.15) is 65.2 Å². The van der Waals surface area contributed by atoms with Gasteiger partial charge in [0, 0.05) is 0 Å². The van der Waals surface area contributed by atoms with Crippen LogP contribution >= 0.6 is 0 Å². The first kappa shape index (κ1) is 20.9. The summed E-state index contributed by atoms with van der Waals surface area (Å²) in [6.07, 6.45) is 11.5. The SMILES string of the molecule is CCCCCCCCCC.O=C(O)C1(C(=O)O)COCCO1. The molecule has 0 aromatic rings. The Labute approximate surface area is 132 Å². The van der Waals surface area contributed by atoms with E-state index >= 15 is 0 Å². The van der Waals surface area contributed by atoms with Crippen molar-refractivity contribution in [1.29, 1.82) is 0 Å². The lowest BCUT2D eigenvalue weighted by Crippen LogP contribution is -2.55. The van der Waals surface area contributed by atoms with E-state index in [1.807, 2.05) is 0 Å². The van der Waals surface area contributed by atoms with Crippen molar-refractivity contribution >= 4 is 11.9 Å². The lowest BCUT2D eigenvalue weighted by molar-refractivity contribution is -0.206. The number of ether oxygens (including phenoxy) is 2. The van der Waals surface area contributed by atoms with Crippen molar-refractivity contribution < 1.29 is 29.3 Å². The largest absolute Gasteiger partial charge is 0.479 e. The molecule has 1 saturated heterocycles. The van der Waals surface area contributed by atoms with E-state index < -0.39 is 24.1 Å². The highest BCUT2D eigenvalue weighted by Gasteiger charge is 2.50. The van der Waals surface area contributed by atoms with E-state index in [0.717, 1.165) is 0 Å². The van der Waals surface area contributed by atoms with Gasteiger partial charge in [0.2, 0.25) is 0 Å². The van der Waals surface area contributed by atoms with Crippen molar-refractivity contribution in [1.82, 2.24) is 0 Å². The number of hydrogen-bond donors (Lipinski definition) is 2. The number of aliphatic carboxylic acids is 2. The molecule has 0 bridgehead atoms. The average Bonchev–Trinajstić information content (AvgIpc) is 2.52. The summed E-state index contributed by atoms with van der Waals surface area (Å²) in [6, 6.07) is 0. The second-order valence-electron chi connectivity index (χ2n) is 5.46. The number of carbonyl (C=O) groups is 2. The second-order valence-corrected chi connectivity index (χ2v) is 5.46. The van der Waals surface area contributed by atoms with Gasteiger partial charge in [0.1, 0.15) is 0 Å². The molecule has 6 heteroatoms. The van der Waals surface area contributed by atoms with Gasteiger partial charge in [-0.3, -0.25) is 0 Å². The van der Waals surface area contributed by atoms with Crippen LogP contribution in [0.25, 0.3) is 0 Å². The summed E-state index contributed by atoms with van der Waals surface area (Å²) in [5.41, 5.74) is -2.21. The van der Waals surface area contributed by atoms with Crippen LogP contribution in [-0.2, 0) is 19.1 Å². The van der Waals surface area contributed by atoms with Crippen LogP contribution in [0.5, 0.6) is 0 Å². The topological polar surface area (TPSA) is 93.1 Å². The summed E-state index contributed by atoms with van der Waals surface area (Å²) in [6.45, 7) is 4.30. The highest BCUT2D eigenvalue weighted by atomic mass is 16.6. The maximum atomic E-state index is 10.5. The lowest BCUT2D eigenvalue weighted by Gasteiger charge is -2.28. The van der Waals surface area contributed by atoms with Crippen LogP contribution in [0.2, 0.25) is 0 Å². The fourth-order valence-corrected chi connectivity index (χ4v) is 2.08. The molecule has 0 unspecified atom stereocenters. The molecule has 1 fully saturated rings. The van der Waals surface area contributed by atoms with Gasteiger partial charge in [0.15, 0.2) is 0 Å². The fourth-order valence-electron chi connectivity index (χ4n) is 2.08. The highest BCUT2D eigenvalue weighted by Crippen LogP contribution is 2.16. The van der Waals surface area contributed by atoms with Crippen molar-refractivity contribution in [3.05, 3.63) is 0 Å². The summed E-state index contributed by atoms with van der Waals surface area (Å²) in [7, 11) is 0. The van der Waals surface area contributed by atoms with Crippen LogP contribution in [0.15, 0.2) is 0 Å². The molecule has 0 saturated carbocycles. The quantitative estimate of drug-likeness (QED) is 0.501. The number of unbranched alkanes of at least 4 members (excludes halogenated alkanes) is 7. The van der Waals surface area contributed by atoms with Gasteiger partial charge in [0.25, 0.3) is 5.60 Å². The average molecular weight is 318 g/mol. The van der Waals surface area contributed by atoms with Gasteiger partial charge >= 0.3 is 11.9 Å². The van der Waals surface area contributed by atoms with E-state index in [4.69, 9.17) is 14.9 Å². The first-order valence-corrected chi connectivity index (χ1v) is 8.19. The van der Waals surface area contributed by atoms with Gasteiger partial charge in [0.05, 0.1) is 19.8 Å². The van der Waals surface area contributed by atoms with Gasteiger partial charge < -0.3 is 19.7 Å². The molecule has 0 atom stereocenters. The van der Waals surface area contributed by atoms with E-state index in [-0.39, 0.29) is 13.2 Å².